The number of aromatic amines is 1. The molecule has 2 amide bonds. The molecule has 1 aromatic heterocycles. The van der Waals surface area contributed by atoms with Crippen molar-refractivity contribution >= 4 is 41.4 Å². The Bertz CT molecular complexity index is 2050. The molecule has 0 radical (unpaired) electrons. The largest absolute Gasteiger partial charge is 0.469 e. The molecule has 4 unspecified atom stereocenters. The number of aliphatic imine (C=N–C) groups is 2. The number of methoxy groups -OCH3 is 1. The Balaban J connectivity index is 1.68. The molecule has 292 valence electrons. The molecule has 0 spiro atoms. The van der Waals surface area contributed by atoms with E-state index in [1.165, 1.54) is 31.1 Å². The van der Waals surface area contributed by atoms with Crippen LogP contribution in [0.1, 0.15) is 97.6 Å². The number of hydrogen-bond donors (Lipinski definition) is 3. The standard InChI is InChI=1S/C41H52F3N5O5/c1-9-12-13-14-17-49-37(51)33-23(6)28-19-30-39(7,11-3)40(53,41(42,43)44)31(48-30)20-29-24(10-2)21(4)26(45-29)18-27-22(5)25(15-16-32(50)54-8)35(46-27)34(38(49)52)36(33)47-28/h18-20,22,25,33,36,45,47,53H,9-17H2,1-8H3/b26-18-,29-20-,30-19-,35-34+/t22-,25-,33?,36?,39?,40?/m0/s1. The van der Waals surface area contributed by atoms with Gasteiger partial charge in [0.25, 0.3) is 5.91 Å². The number of amides is 2. The Kier molecular flexibility index (Phi) is 10.5. The van der Waals surface area contributed by atoms with Crippen molar-refractivity contribution in [3.63, 3.8) is 0 Å². The van der Waals surface area contributed by atoms with Gasteiger partial charge in [-0.1, -0.05) is 53.9 Å². The van der Waals surface area contributed by atoms with Gasteiger partial charge in [-0.25, -0.2) is 0 Å². The SMILES string of the molecule is CCCCCCN1C(=O)/C2=C3N=C(/C=c4\[nH]/c(c(CC)c4C)=C\C4=NC(=C\C5=C(C)C(C1=O)C2N5)/C(C)(CC)C4(O)C(F)(F)F)[C@@H](C)[C@@H]/3CCC(=O)OC. The van der Waals surface area contributed by atoms with E-state index in [-0.39, 0.29) is 42.8 Å². The first-order chi connectivity index (χ1) is 25.5. The Morgan fingerprint density at radius 2 is 1.78 bits per heavy atom. The number of nitrogens with zero attached hydrogens (tertiary/aromatic N) is 3. The zero-order valence-electron chi connectivity index (χ0n) is 32.5. The number of imide groups is 1. The summed E-state index contributed by atoms with van der Waals surface area (Å²) in [5.74, 6) is -2.72. The van der Waals surface area contributed by atoms with Gasteiger partial charge in [0.1, 0.15) is 0 Å². The molecule has 5 aliphatic heterocycles. The maximum Gasteiger partial charge on any atom is 0.423 e. The molecule has 6 heterocycles. The highest BCUT2D eigenvalue weighted by atomic mass is 19.4. The van der Waals surface area contributed by atoms with E-state index in [0.717, 1.165) is 30.4 Å². The Morgan fingerprint density at radius 3 is 2.41 bits per heavy atom. The fourth-order valence-electron chi connectivity index (χ4n) is 9.03. The minimum absolute atomic E-state index is 0.00642. The molecule has 8 bridgehead atoms. The first-order valence-electron chi connectivity index (χ1n) is 19.2. The van der Waals surface area contributed by atoms with Gasteiger partial charge in [0.15, 0.2) is 0 Å². The van der Waals surface area contributed by atoms with Crippen LogP contribution in [0.25, 0.3) is 12.2 Å². The van der Waals surface area contributed by atoms with E-state index in [0.29, 0.717) is 58.2 Å². The predicted molar refractivity (Wildman–Crippen MR) is 200 cm³/mol. The second-order valence-corrected chi connectivity index (χ2v) is 15.5. The maximum absolute atomic E-state index is 15.3. The second-order valence-electron chi connectivity index (χ2n) is 15.5. The van der Waals surface area contributed by atoms with Gasteiger partial charge in [0.2, 0.25) is 11.5 Å². The topological polar surface area (TPSA) is 136 Å². The van der Waals surface area contributed by atoms with Crippen molar-refractivity contribution in [2.45, 2.75) is 118 Å². The van der Waals surface area contributed by atoms with Gasteiger partial charge in [-0.3, -0.25) is 29.3 Å². The number of halogens is 3. The van der Waals surface area contributed by atoms with Crippen LogP contribution in [0.15, 0.2) is 44.3 Å². The molecule has 1 fully saturated rings. The normalized spacial score (nSPS) is 32.7. The second kappa shape index (κ2) is 14.4. The number of hydrogen-bond acceptors (Lipinski definition) is 8. The van der Waals surface area contributed by atoms with Crippen LogP contribution in [0.4, 0.5) is 13.2 Å². The molecule has 0 saturated carbocycles. The van der Waals surface area contributed by atoms with Crippen molar-refractivity contribution < 1.29 is 37.4 Å². The number of ether oxygens (including phenoxy) is 1. The lowest BCUT2D eigenvalue weighted by atomic mass is 9.68. The lowest BCUT2D eigenvalue weighted by Crippen LogP contribution is -2.59. The van der Waals surface area contributed by atoms with Crippen LogP contribution < -0.4 is 16.0 Å². The van der Waals surface area contributed by atoms with E-state index in [4.69, 9.17) is 9.73 Å². The summed E-state index contributed by atoms with van der Waals surface area (Å²) >= 11 is 0. The molecule has 6 rings (SSSR count). The van der Waals surface area contributed by atoms with E-state index in [2.05, 4.69) is 22.2 Å². The zero-order valence-corrected chi connectivity index (χ0v) is 32.5. The molecule has 6 atom stereocenters. The molecule has 0 aliphatic carbocycles. The predicted octanol–water partition coefficient (Wildman–Crippen LogP) is 5.23. The first-order valence-corrected chi connectivity index (χ1v) is 19.2. The van der Waals surface area contributed by atoms with Gasteiger partial charge >= 0.3 is 12.1 Å². The number of allylic oxidation sites excluding steroid dienone is 2. The van der Waals surface area contributed by atoms with Gasteiger partial charge in [-0.15, -0.1) is 0 Å². The number of carbonyl (C=O) groups is 3. The summed E-state index contributed by atoms with van der Waals surface area (Å²) in [5, 5.41) is 16.3. The van der Waals surface area contributed by atoms with Crippen LogP contribution in [0, 0.1) is 30.1 Å². The number of unbranched alkanes of at least 4 members (excludes halogenated alkanes) is 3. The van der Waals surface area contributed by atoms with E-state index in [9.17, 15) is 19.5 Å². The number of H-pyrrole nitrogens is 1. The Labute approximate surface area is 314 Å². The van der Waals surface area contributed by atoms with Crippen molar-refractivity contribution in [1.82, 2.24) is 15.2 Å². The summed E-state index contributed by atoms with van der Waals surface area (Å²) in [7, 11) is 1.33. The summed E-state index contributed by atoms with van der Waals surface area (Å²) < 4.78 is 50.8. The van der Waals surface area contributed by atoms with Crippen molar-refractivity contribution in [3.8, 4) is 0 Å². The highest BCUT2D eigenvalue weighted by Crippen LogP contribution is 2.56. The third-order valence-electron chi connectivity index (χ3n) is 12.7. The molecular formula is C41H52F3N5O5. The van der Waals surface area contributed by atoms with E-state index < -0.39 is 46.7 Å². The minimum atomic E-state index is -5.09. The molecule has 0 aromatic carbocycles. The summed E-state index contributed by atoms with van der Waals surface area (Å²) in [6.45, 7) is 12.8. The number of alkyl halides is 3. The van der Waals surface area contributed by atoms with Crippen LogP contribution in [-0.2, 0) is 25.5 Å². The fourth-order valence-corrected chi connectivity index (χ4v) is 9.03. The number of carbonyl (C=O) groups excluding carboxylic acids is 3. The van der Waals surface area contributed by atoms with Crippen molar-refractivity contribution in [2.24, 2.45) is 33.2 Å². The lowest BCUT2D eigenvalue weighted by Gasteiger charge is -2.40. The molecule has 1 aromatic rings. The van der Waals surface area contributed by atoms with Gasteiger partial charge < -0.3 is 20.1 Å². The van der Waals surface area contributed by atoms with Gasteiger partial charge in [-0.05, 0) is 74.5 Å². The summed E-state index contributed by atoms with van der Waals surface area (Å²) in [6.07, 6.45) is 3.78. The molecule has 13 heteroatoms. The zero-order chi connectivity index (χ0) is 39.5. The number of nitrogens with one attached hydrogen (secondary N) is 2. The monoisotopic (exact) mass is 751 g/mol. The number of piperidine rings is 1. The van der Waals surface area contributed by atoms with Gasteiger partial charge in [0, 0.05) is 46.9 Å². The van der Waals surface area contributed by atoms with Gasteiger partial charge in [-0.2, -0.15) is 13.2 Å². The summed E-state index contributed by atoms with van der Waals surface area (Å²) in [4.78, 5) is 55.8. The smallest absolute Gasteiger partial charge is 0.423 e. The van der Waals surface area contributed by atoms with E-state index in [1.54, 1.807) is 13.8 Å². The lowest BCUT2D eigenvalue weighted by molar-refractivity contribution is -0.258. The highest BCUT2D eigenvalue weighted by Gasteiger charge is 2.70. The Hall–Kier alpha value is -4.26. The van der Waals surface area contributed by atoms with Crippen molar-refractivity contribution in [1.29, 1.82) is 0 Å². The third-order valence-corrected chi connectivity index (χ3v) is 12.7. The summed E-state index contributed by atoms with van der Waals surface area (Å²) in [6, 6.07) is -0.862. The molecule has 10 nitrogen and oxygen atoms in total. The van der Waals surface area contributed by atoms with Crippen LogP contribution >= 0.6 is 0 Å². The average Bonchev–Trinajstić information content (AvgIpc) is 3.78. The van der Waals surface area contributed by atoms with Gasteiger partial charge in [0.05, 0.1) is 47.2 Å². The van der Waals surface area contributed by atoms with Crippen LogP contribution in [0.2, 0.25) is 0 Å². The molecular weight excluding hydrogens is 699 g/mol. The number of fused-ring (bicyclic) bond motifs is 5. The molecule has 1 saturated heterocycles. The van der Waals surface area contributed by atoms with Crippen molar-refractivity contribution in [3.05, 3.63) is 56.1 Å². The molecule has 5 aliphatic rings. The number of likely N-dealkylation sites (tertiary alicyclic amines) is 1. The number of aromatic nitrogens is 1. The minimum Gasteiger partial charge on any atom is -0.469 e. The fraction of sp³-hybridized carbons (Fsp3) is 0.585. The Morgan fingerprint density at radius 1 is 1.06 bits per heavy atom. The first kappa shape index (κ1) is 39.4. The quantitative estimate of drug-likeness (QED) is 0.170. The van der Waals surface area contributed by atoms with E-state index >= 15 is 13.2 Å². The van der Waals surface area contributed by atoms with Crippen molar-refractivity contribution in [2.75, 3.05) is 13.7 Å². The third kappa shape index (κ3) is 6.01. The van der Waals surface area contributed by atoms with Crippen LogP contribution in [0.3, 0.4) is 0 Å². The maximum atomic E-state index is 15.3. The molecule has 54 heavy (non-hydrogen) atoms. The molecule has 3 N–H and O–H groups in total. The van der Waals surface area contributed by atoms with Crippen LogP contribution in [-0.4, -0.2) is 75.7 Å². The average molecular weight is 752 g/mol. The number of esters is 1. The number of rotatable bonds is 10. The van der Waals surface area contributed by atoms with Crippen LogP contribution in [0.5, 0.6) is 0 Å². The highest BCUT2D eigenvalue weighted by molar-refractivity contribution is 6.19. The number of aliphatic hydroxyl groups is 1. The van der Waals surface area contributed by atoms with E-state index in [1.807, 2.05) is 26.8 Å². The summed E-state index contributed by atoms with van der Waals surface area (Å²) in [5.41, 5.74) is -1.84.